The molecule has 0 heterocycles. The van der Waals surface area contributed by atoms with Crippen LogP contribution in [0.25, 0.3) is 0 Å². The highest BCUT2D eigenvalue weighted by atomic mass is 35.5. The number of nitrogens with one attached hydrogen (secondary N) is 2. The van der Waals surface area contributed by atoms with E-state index >= 15 is 0 Å². The lowest BCUT2D eigenvalue weighted by molar-refractivity contribution is 0.0951. The smallest absolute Gasteiger partial charge is 0.251 e. The summed E-state index contributed by atoms with van der Waals surface area (Å²) in [6, 6.07) is 14.8. The van der Waals surface area contributed by atoms with Gasteiger partial charge in [-0.1, -0.05) is 29.8 Å². The zero-order valence-electron chi connectivity index (χ0n) is 10.6. The lowest BCUT2D eigenvalue weighted by Crippen LogP contribution is -2.22. The van der Waals surface area contributed by atoms with E-state index in [1.165, 1.54) is 0 Å². The maximum absolute atomic E-state index is 12.0. The van der Waals surface area contributed by atoms with E-state index in [2.05, 4.69) is 10.6 Å². The quantitative estimate of drug-likeness (QED) is 0.898. The topological polar surface area (TPSA) is 41.1 Å². The molecule has 19 heavy (non-hydrogen) atoms. The Hall–Kier alpha value is -2.00. The predicted octanol–water partition coefficient (Wildman–Crippen LogP) is 3.31. The van der Waals surface area contributed by atoms with Gasteiger partial charge in [-0.15, -0.1) is 0 Å². The molecule has 0 radical (unpaired) electrons. The van der Waals surface area contributed by atoms with Crippen molar-refractivity contribution in [3.63, 3.8) is 0 Å². The summed E-state index contributed by atoms with van der Waals surface area (Å²) in [6.45, 7) is 0.486. The molecule has 3 nitrogen and oxygen atoms in total. The van der Waals surface area contributed by atoms with Crippen molar-refractivity contribution in [1.82, 2.24) is 5.32 Å². The maximum atomic E-state index is 12.0. The lowest BCUT2D eigenvalue weighted by atomic mass is 10.1. The molecule has 1 amide bonds. The van der Waals surface area contributed by atoms with Gasteiger partial charge >= 0.3 is 0 Å². The van der Waals surface area contributed by atoms with Crippen LogP contribution in [-0.2, 0) is 6.54 Å². The first-order valence-electron chi connectivity index (χ1n) is 5.99. The van der Waals surface area contributed by atoms with Crippen LogP contribution in [0.5, 0.6) is 0 Å². The van der Waals surface area contributed by atoms with Gasteiger partial charge in [-0.05, 0) is 35.9 Å². The van der Waals surface area contributed by atoms with Crippen molar-refractivity contribution in [2.24, 2.45) is 0 Å². The van der Waals surface area contributed by atoms with Crippen LogP contribution in [0.15, 0.2) is 48.5 Å². The fourth-order valence-electron chi connectivity index (χ4n) is 1.70. The molecule has 0 fully saturated rings. The molecule has 0 spiro atoms. The van der Waals surface area contributed by atoms with E-state index in [1.807, 2.05) is 49.5 Å². The number of carbonyl (C=O) groups is 1. The minimum atomic E-state index is -0.0907. The van der Waals surface area contributed by atoms with Crippen LogP contribution >= 0.6 is 11.6 Å². The summed E-state index contributed by atoms with van der Waals surface area (Å²) < 4.78 is 0. The minimum absolute atomic E-state index is 0.0907. The van der Waals surface area contributed by atoms with Gasteiger partial charge in [-0.3, -0.25) is 4.79 Å². The Morgan fingerprint density at radius 1 is 1.16 bits per heavy atom. The predicted molar refractivity (Wildman–Crippen MR) is 78.6 cm³/mol. The van der Waals surface area contributed by atoms with Crippen molar-refractivity contribution in [3.05, 3.63) is 64.7 Å². The minimum Gasteiger partial charge on any atom is -0.388 e. The number of amides is 1. The SMILES string of the molecule is CNc1cccc(C(=O)NCc2ccc(Cl)cc2)c1. The molecule has 0 aliphatic heterocycles. The molecule has 0 saturated carbocycles. The van der Waals surface area contributed by atoms with Gasteiger partial charge in [0.2, 0.25) is 0 Å². The molecule has 2 N–H and O–H groups in total. The number of benzene rings is 2. The first-order chi connectivity index (χ1) is 9.19. The van der Waals surface area contributed by atoms with Gasteiger partial charge in [0.25, 0.3) is 5.91 Å². The highest BCUT2D eigenvalue weighted by Gasteiger charge is 2.05. The summed E-state index contributed by atoms with van der Waals surface area (Å²) in [7, 11) is 1.82. The second kappa shape index (κ2) is 6.25. The molecule has 2 aromatic rings. The maximum Gasteiger partial charge on any atom is 0.251 e. The molecular weight excluding hydrogens is 260 g/mol. The van der Waals surface area contributed by atoms with Gasteiger partial charge in [-0.2, -0.15) is 0 Å². The van der Waals surface area contributed by atoms with E-state index < -0.39 is 0 Å². The van der Waals surface area contributed by atoms with Gasteiger partial charge in [0.05, 0.1) is 0 Å². The third-order valence-electron chi connectivity index (χ3n) is 2.78. The highest BCUT2D eigenvalue weighted by Crippen LogP contribution is 2.11. The standard InChI is InChI=1S/C15H15ClN2O/c1-17-14-4-2-3-12(9-14)15(19)18-10-11-5-7-13(16)8-6-11/h2-9,17H,10H2,1H3,(H,18,19). The Morgan fingerprint density at radius 3 is 2.58 bits per heavy atom. The van der Waals surface area contributed by atoms with Crippen molar-refractivity contribution in [3.8, 4) is 0 Å². The summed E-state index contributed by atoms with van der Waals surface area (Å²) in [5, 5.41) is 6.58. The molecule has 0 aliphatic rings. The van der Waals surface area contributed by atoms with Crippen molar-refractivity contribution in [2.75, 3.05) is 12.4 Å². The fourth-order valence-corrected chi connectivity index (χ4v) is 1.83. The Bertz CT molecular complexity index is 567. The zero-order chi connectivity index (χ0) is 13.7. The van der Waals surface area contributed by atoms with Crippen molar-refractivity contribution in [2.45, 2.75) is 6.54 Å². The second-order valence-electron chi connectivity index (χ2n) is 4.14. The van der Waals surface area contributed by atoms with E-state index in [4.69, 9.17) is 11.6 Å². The summed E-state index contributed by atoms with van der Waals surface area (Å²) >= 11 is 5.81. The molecular formula is C15H15ClN2O. The highest BCUT2D eigenvalue weighted by molar-refractivity contribution is 6.30. The number of anilines is 1. The first kappa shape index (κ1) is 13.4. The van der Waals surface area contributed by atoms with E-state index in [-0.39, 0.29) is 5.91 Å². The first-order valence-corrected chi connectivity index (χ1v) is 6.37. The molecule has 0 aromatic heterocycles. The third-order valence-corrected chi connectivity index (χ3v) is 3.03. The summed E-state index contributed by atoms with van der Waals surface area (Å²) in [6.07, 6.45) is 0. The van der Waals surface area contributed by atoms with E-state index in [9.17, 15) is 4.79 Å². The molecule has 0 aliphatic carbocycles. The fraction of sp³-hybridized carbons (Fsp3) is 0.133. The van der Waals surface area contributed by atoms with Crippen LogP contribution in [-0.4, -0.2) is 13.0 Å². The number of hydrogen-bond donors (Lipinski definition) is 2. The molecule has 2 rings (SSSR count). The van der Waals surface area contributed by atoms with Crippen molar-refractivity contribution < 1.29 is 4.79 Å². The Kier molecular flexibility index (Phi) is 4.42. The summed E-state index contributed by atoms with van der Waals surface area (Å²) in [5.74, 6) is -0.0907. The Balaban J connectivity index is 1.99. The van der Waals surface area contributed by atoms with Crippen LogP contribution in [0.2, 0.25) is 5.02 Å². The average molecular weight is 275 g/mol. The van der Waals surface area contributed by atoms with Gasteiger partial charge < -0.3 is 10.6 Å². The lowest BCUT2D eigenvalue weighted by Gasteiger charge is -2.07. The average Bonchev–Trinajstić information content (AvgIpc) is 2.46. The molecule has 0 atom stereocenters. The van der Waals surface area contributed by atoms with Gasteiger partial charge in [-0.25, -0.2) is 0 Å². The van der Waals surface area contributed by atoms with Crippen LogP contribution in [0.4, 0.5) is 5.69 Å². The molecule has 4 heteroatoms. The van der Waals surface area contributed by atoms with Crippen LogP contribution in [0, 0.1) is 0 Å². The molecule has 98 valence electrons. The van der Waals surface area contributed by atoms with Crippen molar-refractivity contribution >= 4 is 23.2 Å². The van der Waals surface area contributed by atoms with Crippen LogP contribution in [0.1, 0.15) is 15.9 Å². The van der Waals surface area contributed by atoms with Gasteiger partial charge in [0, 0.05) is 29.9 Å². The third kappa shape index (κ3) is 3.73. The van der Waals surface area contributed by atoms with Crippen molar-refractivity contribution in [1.29, 1.82) is 0 Å². The van der Waals surface area contributed by atoms with Gasteiger partial charge in [0.1, 0.15) is 0 Å². The van der Waals surface area contributed by atoms with E-state index in [0.717, 1.165) is 11.3 Å². The summed E-state index contributed by atoms with van der Waals surface area (Å²) in [4.78, 5) is 12.0. The largest absolute Gasteiger partial charge is 0.388 e. The van der Waals surface area contributed by atoms with E-state index in [1.54, 1.807) is 6.07 Å². The Morgan fingerprint density at radius 2 is 1.89 bits per heavy atom. The molecule has 0 saturated heterocycles. The van der Waals surface area contributed by atoms with Gasteiger partial charge in [0.15, 0.2) is 0 Å². The summed E-state index contributed by atoms with van der Waals surface area (Å²) in [5.41, 5.74) is 2.57. The second-order valence-corrected chi connectivity index (χ2v) is 4.58. The zero-order valence-corrected chi connectivity index (χ0v) is 11.4. The normalized spacial score (nSPS) is 10.0. The number of hydrogen-bond acceptors (Lipinski definition) is 2. The monoisotopic (exact) mass is 274 g/mol. The number of halogens is 1. The van der Waals surface area contributed by atoms with Crippen LogP contribution in [0.3, 0.4) is 0 Å². The molecule has 0 unspecified atom stereocenters. The Labute approximate surface area is 117 Å². The molecule has 2 aromatic carbocycles. The van der Waals surface area contributed by atoms with Crippen LogP contribution < -0.4 is 10.6 Å². The molecule has 0 bridgehead atoms. The number of rotatable bonds is 4. The van der Waals surface area contributed by atoms with E-state index in [0.29, 0.717) is 17.1 Å². The number of carbonyl (C=O) groups excluding carboxylic acids is 1.